The van der Waals surface area contributed by atoms with Gasteiger partial charge in [0, 0.05) is 24.5 Å². The molecule has 1 spiro atoms. The van der Waals surface area contributed by atoms with Gasteiger partial charge < -0.3 is 9.53 Å². The number of benzene rings is 1. The van der Waals surface area contributed by atoms with Crippen molar-refractivity contribution in [3.8, 4) is 5.75 Å². The van der Waals surface area contributed by atoms with Crippen LogP contribution in [0.15, 0.2) is 18.2 Å². The van der Waals surface area contributed by atoms with Crippen LogP contribution in [-0.2, 0) is 16.6 Å². The van der Waals surface area contributed by atoms with E-state index >= 15 is 0 Å². The first-order valence-corrected chi connectivity index (χ1v) is 10.6. The van der Waals surface area contributed by atoms with E-state index in [2.05, 4.69) is 35.0 Å². The van der Waals surface area contributed by atoms with Gasteiger partial charge in [0.05, 0.1) is 13.7 Å². The molecule has 5 rings (SSSR count). The van der Waals surface area contributed by atoms with E-state index in [4.69, 9.17) is 4.74 Å². The Morgan fingerprint density at radius 3 is 2.96 bits per heavy atom. The third-order valence-electron chi connectivity index (χ3n) is 7.92. The lowest BCUT2D eigenvalue weighted by Crippen LogP contribution is -2.63. The molecule has 27 heavy (non-hydrogen) atoms. The molecule has 3 fully saturated rings. The summed E-state index contributed by atoms with van der Waals surface area (Å²) >= 11 is 0. The zero-order valence-electron chi connectivity index (χ0n) is 16.7. The smallest absolute Gasteiger partial charge is 0.133 e. The molecule has 4 heteroatoms. The van der Waals surface area contributed by atoms with Gasteiger partial charge in [-0.3, -0.25) is 9.80 Å². The number of carbonyl (C=O) groups is 1. The average Bonchev–Trinajstić information content (AvgIpc) is 3.45. The number of rotatable bonds is 8. The van der Waals surface area contributed by atoms with E-state index in [0.29, 0.717) is 12.0 Å². The largest absolute Gasteiger partial charge is 0.497 e. The highest BCUT2D eigenvalue weighted by Gasteiger charge is 2.65. The first kappa shape index (κ1) is 17.7. The van der Waals surface area contributed by atoms with Gasteiger partial charge >= 0.3 is 0 Å². The molecule has 4 nitrogen and oxygen atoms in total. The number of aldehydes is 1. The predicted octanol–water partition coefficient (Wildman–Crippen LogP) is 2.88. The molecule has 3 atom stereocenters. The molecule has 4 aliphatic rings. The number of nitrogens with zero attached hydrogens (tertiary/aromatic N) is 2. The van der Waals surface area contributed by atoms with Crippen LogP contribution in [0.4, 0.5) is 0 Å². The monoisotopic (exact) mass is 368 g/mol. The molecule has 1 aromatic rings. The second-order valence-corrected chi connectivity index (χ2v) is 9.79. The summed E-state index contributed by atoms with van der Waals surface area (Å²) in [5.74, 6) is 1.96. The zero-order chi connectivity index (χ0) is 18.6. The minimum Gasteiger partial charge on any atom is -0.497 e. The zero-order valence-corrected chi connectivity index (χ0v) is 16.7. The highest BCUT2D eigenvalue weighted by molar-refractivity contribution is 5.52. The van der Waals surface area contributed by atoms with E-state index in [1.165, 1.54) is 50.8 Å². The van der Waals surface area contributed by atoms with Crippen molar-refractivity contribution in [3.05, 3.63) is 29.3 Å². The maximum atomic E-state index is 10.9. The fourth-order valence-corrected chi connectivity index (χ4v) is 6.45. The maximum Gasteiger partial charge on any atom is 0.133 e. The highest BCUT2D eigenvalue weighted by atomic mass is 16.5. The van der Waals surface area contributed by atoms with E-state index in [1.807, 2.05) is 0 Å². The van der Waals surface area contributed by atoms with Crippen LogP contribution in [0.1, 0.15) is 43.2 Å². The van der Waals surface area contributed by atoms with Gasteiger partial charge in [0.25, 0.3) is 0 Å². The normalized spacial score (nSPS) is 34.1. The Bertz CT molecular complexity index is 746. The summed E-state index contributed by atoms with van der Waals surface area (Å²) in [6, 6.07) is 7.54. The van der Waals surface area contributed by atoms with E-state index in [1.54, 1.807) is 12.7 Å². The van der Waals surface area contributed by atoms with Crippen LogP contribution < -0.4 is 4.74 Å². The van der Waals surface area contributed by atoms with Gasteiger partial charge in [0.2, 0.25) is 0 Å². The average molecular weight is 369 g/mol. The SMILES string of the molecule is COc1ccc2c(c1)C1(CCN(C)CC=O)CC3N(CC4CC4)CC3(C2)C1. The van der Waals surface area contributed by atoms with Crippen LogP contribution in [0.3, 0.4) is 0 Å². The summed E-state index contributed by atoms with van der Waals surface area (Å²) in [4.78, 5) is 15.9. The topological polar surface area (TPSA) is 32.8 Å². The van der Waals surface area contributed by atoms with Gasteiger partial charge in [-0.25, -0.2) is 0 Å². The molecule has 2 bridgehead atoms. The molecule has 1 saturated heterocycles. The fourth-order valence-electron chi connectivity index (χ4n) is 6.45. The molecule has 3 aliphatic carbocycles. The summed E-state index contributed by atoms with van der Waals surface area (Å²) < 4.78 is 5.58. The summed E-state index contributed by atoms with van der Waals surface area (Å²) in [6.45, 7) is 4.14. The van der Waals surface area contributed by atoms with Gasteiger partial charge in [0.15, 0.2) is 0 Å². The van der Waals surface area contributed by atoms with Crippen molar-refractivity contribution in [1.29, 1.82) is 0 Å². The Labute approximate surface area is 162 Å². The Morgan fingerprint density at radius 2 is 2.22 bits per heavy atom. The molecule has 146 valence electrons. The van der Waals surface area contributed by atoms with Crippen LogP contribution >= 0.6 is 0 Å². The third kappa shape index (κ3) is 2.84. The lowest BCUT2D eigenvalue weighted by molar-refractivity contribution is -0.108. The summed E-state index contributed by atoms with van der Waals surface area (Å²) in [6.07, 6.45) is 8.89. The first-order valence-electron chi connectivity index (χ1n) is 10.6. The molecular weight excluding hydrogens is 336 g/mol. The standard InChI is InChI=1S/C23H32N2O2/c1-24(9-10-26)8-7-22-13-21-23(15-22,16-25(21)14-17-3-4-17)12-18-5-6-19(27-2)11-20(18)22/h5-6,10-11,17,21H,3-4,7-9,12-16H2,1-2H3. The molecule has 0 amide bonds. The number of hydrogen-bond acceptors (Lipinski definition) is 4. The molecular formula is C23H32N2O2. The Balaban J connectivity index is 1.45. The quantitative estimate of drug-likeness (QED) is 0.661. The lowest BCUT2D eigenvalue weighted by atomic mass is 9.62. The van der Waals surface area contributed by atoms with Crippen LogP contribution in [0.5, 0.6) is 5.75 Å². The number of fused-ring (bicyclic) bond motifs is 3. The fraction of sp³-hybridized carbons (Fsp3) is 0.696. The van der Waals surface area contributed by atoms with Crippen molar-refractivity contribution < 1.29 is 9.53 Å². The lowest BCUT2D eigenvalue weighted by Gasteiger charge is -2.56. The molecule has 3 unspecified atom stereocenters. The molecule has 1 aliphatic heterocycles. The van der Waals surface area contributed by atoms with Crippen molar-refractivity contribution in [2.75, 3.05) is 40.3 Å². The van der Waals surface area contributed by atoms with Gasteiger partial charge in [0.1, 0.15) is 12.0 Å². The second-order valence-electron chi connectivity index (χ2n) is 9.79. The highest BCUT2D eigenvalue weighted by Crippen LogP contribution is 2.65. The number of likely N-dealkylation sites (N-methyl/N-ethyl adjacent to an activating group) is 1. The van der Waals surface area contributed by atoms with E-state index < -0.39 is 0 Å². The number of hydrogen-bond donors (Lipinski definition) is 0. The summed E-state index contributed by atoms with van der Waals surface area (Å²) in [5, 5.41) is 0. The first-order chi connectivity index (χ1) is 13.1. The summed E-state index contributed by atoms with van der Waals surface area (Å²) in [7, 11) is 3.84. The van der Waals surface area contributed by atoms with Gasteiger partial charge in [-0.05, 0) is 86.7 Å². The minimum atomic E-state index is 0.252. The number of methoxy groups -OCH3 is 1. The molecule has 0 N–H and O–H groups in total. The van der Waals surface area contributed by atoms with Crippen molar-refractivity contribution in [3.63, 3.8) is 0 Å². The van der Waals surface area contributed by atoms with Crippen molar-refractivity contribution in [1.82, 2.24) is 9.80 Å². The van der Waals surface area contributed by atoms with Crippen LogP contribution in [-0.4, -0.2) is 62.5 Å². The molecule has 1 heterocycles. The van der Waals surface area contributed by atoms with Crippen molar-refractivity contribution >= 4 is 6.29 Å². The van der Waals surface area contributed by atoms with Crippen molar-refractivity contribution in [2.24, 2.45) is 11.3 Å². The van der Waals surface area contributed by atoms with Crippen molar-refractivity contribution in [2.45, 2.75) is 50.0 Å². The molecule has 0 aromatic heterocycles. The van der Waals surface area contributed by atoms with E-state index in [-0.39, 0.29) is 5.41 Å². The Kier molecular flexibility index (Phi) is 4.14. The third-order valence-corrected chi connectivity index (χ3v) is 7.92. The predicted molar refractivity (Wildman–Crippen MR) is 106 cm³/mol. The number of carbonyl (C=O) groups excluding carboxylic acids is 1. The Morgan fingerprint density at radius 1 is 1.37 bits per heavy atom. The number of likely N-dealkylation sites (tertiary alicyclic amines) is 1. The molecule has 0 radical (unpaired) electrons. The van der Waals surface area contributed by atoms with Crippen LogP contribution in [0, 0.1) is 11.3 Å². The summed E-state index contributed by atoms with van der Waals surface area (Å²) in [5.41, 5.74) is 3.84. The van der Waals surface area contributed by atoms with Crippen LogP contribution in [0.2, 0.25) is 0 Å². The van der Waals surface area contributed by atoms with Gasteiger partial charge in [-0.2, -0.15) is 0 Å². The molecule has 1 aromatic carbocycles. The van der Waals surface area contributed by atoms with Crippen LogP contribution in [0.25, 0.3) is 0 Å². The van der Waals surface area contributed by atoms with E-state index in [9.17, 15) is 4.79 Å². The Hall–Kier alpha value is -1.39. The van der Waals surface area contributed by atoms with E-state index in [0.717, 1.165) is 37.0 Å². The maximum absolute atomic E-state index is 10.9. The number of ether oxygens (including phenoxy) is 1. The van der Waals surface area contributed by atoms with Gasteiger partial charge in [-0.1, -0.05) is 6.07 Å². The second kappa shape index (κ2) is 6.31. The minimum absolute atomic E-state index is 0.252. The van der Waals surface area contributed by atoms with Gasteiger partial charge in [-0.15, -0.1) is 0 Å². The molecule has 2 saturated carbocycles.